The van der Waals surface area contributed by atoms with Crippen LogP contribution in [0.3, 0.4) is 0 Å². The molecular weight excluding hydrogens is 366 g/mol. The standard InChI is InChI=1S/C22H25N5O2/c28-21(20-8-6-19(7-9-20)15-27-13-11-24-25-27)23-16-22(29)10-12-26(17-22)14-18-4-2-1-3-5-18/h1-9,11,13,29H,10,12,14-17H2,(H,23,28). The van der Waals surface area contributed by atoms with Crippen LogP contribution < -0.4 is 5.32 Å². The smallest absolute Gasteiger partial charge is 0.251 e. The summed E-state index contributed by atoms with van der Waals surface area (Å²) in [6.07, 6.45) is 4.08. The lowest BCUT2D eigenvalue weighted by Gasteiger charge is -2.24. The number of amides is 1. The lowest BCUT2D eigenvalue weighted by atomic mass is 10.0. The number of carbonyl (C=O) groups is 1. The Morgan fingerprint density at radius 2 is 1.83 bits per heavy atom. The maximum Gasteiger partial charge on any atom is 0.251 e. The van der Waals surface area contributed by atoms with Gasteiger partial charge in [-0.2, -0.15) is 0 Å². The van der Waals surface area contributed by atoms with Crippen molar-refractivity contribution >= 4 is 5.91 Å². The van der Waals surface area contributed by atoms with Crippen molar-refractivity contribution in [2.75, 3.05) is 19.6 Å². The molecule has 29 heavy (non-hydrogen) atoms. The second-order valence-corrected chi connectivity index (χ2v) is 7.65. The number of hydrogen-bond donors (Lipinski definition) is 2. The van der Waals surface area contributed by atoms with Crippen LogP contribution in [0.1, 0.15) is 27.9 Å². The fraction of sp³-hybridized carbons (Fsp3) is 0.318. The largest absolute Gasteiger partial charge is 0.387 e. The van der Waals surface area contributed by atoms with Gasteiger partial charge in [0.15, 0.2) is 0 Å². The van der Waals surface area contributed by atoms with Crippen LogP contribution in [0.4, 0.5) is 0 Å². The van der Waals surface area contributed by atoms with Gasteiger partial charge in [-0.25, -0.2) is 4.68 Å². The molecule has 0 aliphatic carbocycles. The van der Waals surface area contributed by atoms with Gasteiger partial charge < -0.3 is 10.4 Å². The molecular formula is C22H25N5O2. The molecule has 1 unspecified atom stereocenters. The van der Waals surface area contributed by atoms with Gasteiger partial charge in [-0.1, -0.05) is 47.7 Å². The first-order chi connectivity index (χ1) is 14.1. The summed E-state index contributed by atoms with van der Waals surface area (Å²) >= 11 is 0. The predicted molar refractivity (Wildman–Crippen MR) is 109 cm³/mol. The molecule has 1 aliphatic heterocycles. The van der Waals surface area contributed by atoms with Gasteiger partial charge in [-0.05, 0) is 29.7 Å². The summed E-state index contributed by atoms with van der Waals surface area (Å²) in [6, 6.07) is 17.6. The maximum absolute atomic E-state index is 12.5. The molecule has 2 N–H and O–H groups in total. The summed E-state index contributed by atoms with van der Waals surface area (Å²) in [7, 11) is 0. The lowest BCUT2D eigenvalue weighted by Crippen LogP contribution is -2.44. The first-order valence-corrected chi connectivity index (χ1v) is 9.80. The Morgan fingerprint density at radius 3 is 2.55 bits per heavy atom. The highest BCUT2D eigenvalue weighted by Crippen LogP contribution is 2.22. The molecule has 1 aliphatic rings. The Kier molecular flexibility index (Phi) is 5.69. The van der Waals surface area contributed by atoms with Crippen LogP contribution in [0.25, 0.3) is 0 Å². The first-order valence-electron chi connectivity index (χ1n) is 9.80. The van der Waals surface area contributed by atoms with Gasteiger partial charge in [-0.15, -0.1) is 5.10 Å². The molecule has 1 amide bonds. The fourth-order valence-corrected chi connectivity index (χ4v) is 3.67. The van der Waals surface area contributed by atoms with Gasteiger partial charge >= 0.3 is 0 Å². The normalized spacial score (nSPS) is 19.3. The summed E-state index contributed by atoms with van der Waals surface area (Å²) < 4.78 is 1.73. The maximum atomic E-state index is 12.5. The van der Waals surface area contributed by atoms with Gasteiger partial charge in [0, 0.05) is 37.9 Å². The van der Waals surface area contributed by atoms with Crippen LogP contribution in [0.5, 0.6) is 0 Å². The molecule has 1 atom stereocenters. The van der Waals surface area contributed by atoms with E-state index in [1.807, 2.05) is 30.3 Å². The van der Waals surface area contributed by atoms with E-state index in [0.717, 1.165) is 18.7 Å². The Hall–Kier alpha value is -3.03. The predicted octanol–water partition coefficient (Wildman–Crippen LogP) is 1.69. The highest BCUT2D eigenvalue weighted by Gasteiger charge is 2.36. The molecule has 1 saturated heterocycles. The number of likely N-dealkylation sites (tertiary alicyclic amines) is 1. The monoisotopic (exact) mass is 391 g/mol. The van der Waals surface area contributed by atoms with Gasteiger partial charge in [-0.3, -0.25) is 9.69 Å². The molecule has 0 radical (unpaired) electrons. The number of aromatic nitrogens is 3. The molecule has 1 aromatic heterocycles. The number of benzene rings is 2. The second-order valence-electron chi connectivity index (χ2n) is 7.65. The molecule has 7 nitrogen and oxygen atoms in total. The average molecular weight is 391 g/mol. The number of aliphatic hydroxyl groups is 1. The van der Waals surface area contributed by atoms with Crippen molar-refractivity contribution in [3.8, 4) is 0 Å². The van der Waals surface area contributed by atoms with Gasteiger partial charge in [0.25, 0.3) is 5.91 Å². The van der Waals surface area contributed by atoms with Gasteiger partial charge in [0.1, 0.15) is 0 Å². The van der Waals surface area contributed by atoms with E-state index in [9.17, 15) is 9.90 Å². The highest BCUT2D eigenvalue weighted by molar-refractivity contribution is 5.94. The molecule has 2 heterocycles. The third kappa shape index (κ3) is 5.07. The second kappa shape index (κ2) is 8.55. The van der Waals surface area contributed by atoms with Crippen molar-refractivity contribution in [1.29, 1.82) is 0 Å². The molecule has 7 heteroatoms. The molecule has 0 saturated carbocycles. The van der Waals surface area contributed by atoms with Crippen LogP contribution in [-0.2, 0) is 13.1 Å². The minimum Gasteiger partial charge on any atom is -0.387 e. The molecule has 0 spiro atoms. The van der Waals surface area contributed by atoms with Crippen LogP contribution in [0.15, 0.2) is 67.0 Å². The van der Waals surface area contributed by atoms with E-state index in [1.54, 1.807) is 29.2 Å². The summed E-state index contributed by atoms with van der Waals surface area (Å²) in [5.74, 6) is -0.174. The van der Waals surface area contributed by atoms with E-state index in [-0.39, 0.29) is 12.5 Å². The molecule has 3 aromatic rings. The first kappa shape index (κ1) is 19.3. The zero-order chi connectivity index (χ0) is 20.1. The van der Waals surface area contributed by atoms with Crippen molar-refractivity contribution in [1.82, 2.24) is 25.2 Å². The Bertz CT molecular complexity index is 928. The van der Waals surface area contributed by atoms with E-state index < -0.39 is 5.60 Å². The topological polar surface area (TPSA) is 83.3 Å². The number of hydrogen-bond acceptors (Lipinski definition) is 5. The van der Waals surface area contributed by atoms with Crippen molar-refractivity contribution in [3.63, 3.8) is 0 Å². The average Bonchev–Trinajstić information content (AvgIpc) is 3.38. The molecule has 4 rings (SSSR count). The highest BCUT2D eigenvalue weighted by atomic mass is 16.3. The SMILES string of the molecule is O=C(NCC1(O)CCN(Cc2ccccc2)C1)c1ccc(Cn2ccnn2)cc1. The zero-order valence-corrected chi connectivity index (χ0v) is 16.2. The van der Waals surface area contributed by atoms with E-state index in [4.69, 9.17) is 0 Å². The van der Waals surface area contributed by atoms with Crippen LogP contribution in [0.2, 0.25) is 0 Å². The zero-order valence-electron chi connectivity index (χ0n) is 16.2. The number of rotatable bonds is 7. The molecule has 0 bridgehead atoms. The van der Waals surface area contributed by atoms with E-state index >= 15 is 0 Å². The summed E-state index contributed by atoms with van der Waals surface area (Å²) in [5.41, 5.74) is 1.96. The summed E-state index contributed by atoms with van der Waals surface area (Å²) in [4.78, 5) is 14.7. The van der Waals surface area contributed by atoms with Crippen molar-refractivity contribution in [2.24, 2.45) is 0 Å². The Balaban J connectivity index is 1.27. The fourth-order valence-electron chi connectivity index (χ4n) is 3.67. The number of carbonyl (C=O) groups excluding carboxylic acids is 1. The number of nitrogens with zero attached hydrogens (tertiary/aromatic N) is 4. The minimum absolute atomic E-state index is 0.174. The van der Waals surface area contributed by atoms with Crippen LogP contribution in [0, 0.1) is 0 Å². The van der Waals surface area contributed by atoms with Crippen LogP contribution >= 0.6 is 0 Å². The number of nitrogens with one attached hydrogen (secondary N) is 1. The number of β-amino-alcohol motifs (C(OH)–C–C–N with tert-alkyl or cyclic N) is 1. The summed E-state index contributed by atoms with van der Waals surface area (Å²) in [6.45, 7) is 3.04. The van der Waals surface area contributed by atoms with Gasteiger partial charge in [0.2, 0.25) is 0 Å². The third-order valence-corrected chi connectivity index (χ3v) is 5.27. The van der Waals surface area contributed by atoms with Crippen molar-refractivity contribution < 1.29 is 9.90 Å². The van der Waals surface area contributed by atoms with Crippen molar-refractivity contribution in [2.45, 2.75) is 25.1 Å². The minimum atomic E-state index is -0.891. The Morgan fingerprint density at radius 1 is 1.07 bits per heavy atom. The van der Waals surface area contributed by atoms with Crippen LogP contribution in [-0.4, -0.2) is 56.1 Å². The quantitative estimate of drug-likeness (QED) is 0.640. The van der Waals surface area contributed by atoms with E-state index in [0.29, 0.717) is 25.1 Å². The molecule has 2 aromatic carbocycles. The lowest BCUT2D eigenvalue weighted by molar-refractivity contribution is 0.0456. The summed E-state index contributed by atoms with van der Waals surface area (Å²) in [5, 5.41) is 21.5. The van der Waals surface area contributed by atoms with E-state index in [2.05, 4.69) is 32.7 Å². The molecule has 150 valence electrons. The van der Waals surface area contributed by atoms with Gasteiger partial charge in [0.05, 0.1) is 18.3 Å². The molecule has 1 fully saturated rings. The Labute approximate surface area is 170 Å². The third-order valence-electron chi connectivity index (χ3n) is 5.27. The van der Waals surface area contributed by atoms with Crippen molar-refractivity contribution in [3.05, 3.63) is 83.7 Å². The van der Waals surface area contributed by atoms with E-state index in [1.165, 1.54) is 5.56 Å².